The topological polar surface area (TPSA) is 12.9 Å². The van der Waals surface area contributed by atoms with E-state index < -0.39 is 0 Å². The zero-order valence-electron chi connectivity index (χ0n) is 9.39. The standard InChI is InChI=1S/C14H15NS/c1-12-6-2-3-8-14(12)16-11-9-13-7-4-5-10-15-13/h2-8,10H,9,11H2,1H3. The number of aromatic nitrogens is 1. The summed E-state index contributed by atoms with van der Waals surface area (Å²) in [6, 6.07) is 14.6. The first-order chi connectivity index (χ1) is 7.86. The summed E-state index contributed by atoms with van der Waals surface area (Å²) in [6.45, 7) is 2.16. The Kier molecular flexibility index (Phi) is 4.00. The van der Waals surface area contributed by atoms with Crippen LogP contribution in [0.3, 0.4) is 0 Å². The van der Waals surface area contributed by atoms with Gasteiger partial charge in [0.1, 0.15) is 0 Å². The Labute approximate surface area is 101 Å². The molecule has 1 aromatic heterocycles. The highest BCUT2D eigenvalue weighted by molar-refractivity contribution is 7.99. The highest BCUT2D eigenvalue weighted by Crippen LogP contribution is 2.22. The van der Waals surface area contributed by atoms with Crippen LogP contribution in [-0.4, -0.2) is 10.7 Å². The molecule has 16 heavy (non-hydrogen) atoms. The van der Waals surface area contributed by atoms with Crippen molar-refractivity contribution < 1.29 is 0 Å². The van der Waals surface area contributed by atoms with Crippen LogP contribution in [0.5, 0.6) is 0 Å². The minimum absolute atomic E-state index is 1.03. The van der Waals surface area contributed by atoms with E-state index in [9.17, 15) is 0 Å². The predicted octanol–water partition coefficient (Wildman–Crippen LogP) is 3.72. The Morgan fingerprint density at radius 2 is 1.88 bits per heavy atom. The van der Waals surface area contributed by atoms with Gasteiger partial charge in [0, 0.05) is 22.5 Å². The van der Waals surface area contributed by atoms with Gasteiger partial charge < -0.3 is 0 Å². The van der Waals surface area contributed by atoms with Crippen molar-refractivity contribution in [3.05, 3.63) is 59.9 Å². The van der Waals surface area contributed by atoms with Crippen LogP contribution in [0.4, 0.5) is 0 Å². The molecule has 0 spiro atoms. The van der Waals surface area contributed by atoms with Gasteiger partial charge >= 0.3 is 0 Å². The zero-order chi connectivity index (χ0) is 11.2. The first-order valence-corrected chi connectivity index (χ1v) is 6.43. The molecule has 0 aliphatic rings. The van der Waals surface area contributed by atoms with Gasteiger partial charge in [0.05, 0.1) is 0 Å². The molecule has 0 radical (unpaired) electrons. The van der Waals surface area contributed by atoms with Crippen LogP contribution in [-0.2, 0) is 6.42 Å². The third kappa shape index (κ3) is 3.11. The van der Waals surface area contributed by atoms with Crippen molar-refractivity contribution in [3.8, 4) is 0 Å². The Morgan fingerprint density at radius 1 is 1.06 bits per heavy atom. The largest absolute Gasteiger partial charge is 0.261 e. The minimum Gasteiger partial charge on any atom is -0.261 e. The third-order valence-corrected chi connectivity index (χ3v) is 3.61. The molecule has 2 rings (SSSR count). The van der Waals surface area contributed by atoms with Crippen LogP contribution in [0.25, 0.3) is 0 Å². The van der Waals surface area contributed by atoms with Gasteiger partial charge in [-0.15, -0.1) is 11.8 Å². The molecule has 1 aromatic carbocycles. The van der Waals surface area contributed by atoms with E-state index in [1.807, 2.05) is 30.1 Å². The lowest BCUT2D eigenvalue weighted by atomic mass is 10.2. The van der Waals surface area contributed by atoms with Gasteiger partial charge in [-0.1, -0.05) is 24.3 Å². The predicted molar refractivity (Wildman–Crippen MR) is 69.8 cm³/mol. The van der Waals surface area contributed by atoms with E-state index in [0.29, 0.717) is 0 Å². The Morgan fingerprint density at radius 3 is 2.62 bits per heavy atom. The number of benzene rings is 1. The van der Waals surface area contributed by atoms with E-state index in [1.54, 1.807) is 0 Å². The first-order valence-electron chi connectivity index (χ1n) is 5.44. The van der Waals surface area contributed by atoms with E-state index in [0.717, 1.165) is 12.2 Å². The van der Waals surface area contributed by atoms with Gasteiger partial charge in [-0.25, -0.2) is 0 Å². The van der Waals surface area contributed by atoms with Crippen LogP contribution in [0.1, 0.15) is 11.3 Å². The second-order valence-electron chi connectivity index (χ2n) is 3.69. The maximum atomic E-state index is 4.32. The van der Waals surface area contributed by atoms with Gasteiger partial charge in [-0.2, -0.15) is 0 Å². The molecule has 2 heteroatoms. The highest BCUT2D eigenvalue weighted by atomic mass is 32.2. The van der Waals surface area contributed by atoms with E-state index in [4.69, 9.17) is 0 Å². The smallest absolute Gasteiger partial charge is 0.0411 e. The summed E-state index contributed by atoms with van der Waals surface area (Å²) in [7, 11) is 0. The second-order valence-corrected chi connectivity index (χ2v) is 4.82. The summed E-state index contributed by atoms with van der Waals surface area (Å²) in [4.78, 5) is 5.69. The van der Waals surface area contributed by atoms with Crippen LogP contribution >= 0.6 is 11.8 Å². The molecule has 0 unspecified atom stereocenters. The average molecular weight is 229 g/mol. The number of thioether (sulfide) groups is 1. The maximum Gasteiger partial charge on any atom is 0.0411 e. The molecule has 0 fully saturated rings. The molecule has 2 aromatic rings. The fourth-order valence-corrected chi connectivity index (χ4v) is 2.53. The van der Waals surface area contributed by atoms with Gasteiger partial charge in [0.15, 0.2) is 0 Å². The summed E-state index contributed by atoms with van der Waals surface area (Å²) in [5.74, 6) is 1.09. The molecule has 0 atom stereocenters. The maximum absolute atomic E-state index is 4.32. The monoisotopic (exact) mass is 229 g/mol. The molecule has 0 saturated heterocycles. The van der Waals surface area contributed by atoms with E-state index in [-0.39, 0.29) is 0 Å². The number of hydrogen-bond acceptors (Lipinski definition) is 2. The van der Waals surface area contributed by atoms with Gasteiger partial charge in [-0.3, -0.25) is 4.98 Å². The Balaban J connectivity index is 1.87. The van der Waals surface area contributed by atoms with Crippen molar-refractivity contribution in [1.82, 2.24) is 4.98 Å². The summed E-state index contributed by atoms with van der Waals surface area (Å²) < 4.78 is 0. The Bertz CT molecular complexity index is 439. The van der Waals surface area contributed by atoms with Crippen LogP contribution in [0, 0.1) is 6.92 Å². The SMILES string of the molecule is Cc1ccccc1SCCc1ccccn1. The number of aryl methyl sites for hydroxylation is 2. The summed E-state index contributed by atoms with van der Waals surface area (Å²) in [5.41, 5.74) is 2.53. The molecule has 0 N–H and O–H groups in total. The molecule has 0 aliphatic carbocycles. The normalized spacial score (nSPS) is 10.3. The van der Waals surface area contributed by atoms with Crippen LogP contribution < -0.4 is 0 Å². The summed E-state index contributed by atoms with van der Waals surface area (Å²) in [6.07, 6.45) is 2.88. The molecular weight excluding hydrogens is 214 g/mol. The fraction of sp³-hybridized carbons (Fsp3) is 0.214. The average Bonchev–Trinajstić information content (AvgIpc) is 2.33. The molecule has 0 aliphatic heterocycles. The molecule has 1 heterocycles. The molecule has 0 bridgehead atoms. The van der Waals surface area contributed by atoms with E-state index in [2.05, 4.69) is 42.2 Å². The Hall–Kier alpha value is -1.28. The van der Waals surface area contributed by atoms with Crippen molar-refractivity contribution in [1.29, 1.82) is 0 Å². The number of hydrogen-bond donors (Lipinski definition) is 0. The second kappa shape index (κ2) is 5.71. The van der Waals surface area contributed by atoms with Gasteiger partial charge in [0.2, 0.25) is 0 Å². The van der Waals surface area contributed by atoms with E-state index in [1.165, 1.54) is 16.2 Å². The van der Waals surface area contributed by atoms with Crippen molar-refractivity contribution in [2.24, 2.45) is 0 Å². The minimum atomic E-state index is 1.03. The third-order valence-electron chi connectivity index (χ3n) is 2.44. The lowest BCUT2D eigenvalue weighted by Crippen LogP contribution is -1.91. The highest BCUT2D eigenvalue weighted by Gasteiger charge is 1.98. The molecule has 0 amide bonds. The van der Waals surface area contributed by atoms with Crippen molar-refractivity contribution in [3.63, 3.8) is 0 Å². The molecule has 0 saturated carbocycles. The first kappa shape index (κ1) is 11.2. The number of nitrogens with zero attached hydrogens (tertiary/aromatic N) is 1. The summed E-state index contributed by atoms with van der Waals surface area (Å²) in [5, 5.41) is 0. The summed E-state index contributed by atoms with van der Waals surface area (Å²) >= 11 is 1.90. The molecule has 82 valence electrons. The van der Waals surface area contributed by atoms with Crippen molar-refractivity contribution in [2.45, 2.75) is 18.2 Å². The van der Waals surface area contributed by atoms with E-state index >= 15 is 0 Å². The molecular formula is C14H15NS. The van der Waals surface area contributed by atoms with Crippen molar-refractivity contribution >= 4 is 11.8 Å². The van der Waals surface area contributed by atoms with Crippen molar-refractivity contribution in [2.75, 3.05) is 5.75 Å². The van der Waals surface area contributed by atoms with Crippen LogP contribution in [0.2, 0.25) is 0 Å². The quantitative estimate of drug-likeness (QED) is 0.741. The zero-order valence-corrected chi connectivity index (χ0v) is 10.2. The van der Waals surface area contributed by atoms with Gasteiger partial charge in [0.25, 0.3) is 0 Å². The lowest BCUT2D eigenvalue weighted by Gasteiger charge is -2.04. The lowest BCUT2D eigenvalue weighted by molar-refractivity contribution is 1.04. The molecule has 1 nitrogen and oxygen atoms in total. The number of pyridine rings is 1. The fourth-order valence-electron chi connectivity index (χ4n) is 1.53. The number of rotatable bonds is 4. The van der Waals surface area contributed by atoms with Gasteiger partial charge in [-0.05, 0) is 37.1 Å². The van der Waals surface area contributed by atoms with Crippen LogP contribution in [0.15, 0.2) is 53.6 Å².